The Kier molecular flexibility index (Phi) is 2.55. The lowest BCUT2D eigenvalue weighted by Crippen LogP contribution is -2.32. The summed E-state index contributed by atoms with van der Waals surface area (Å²) in [4.78, 5) is 12.0. The van der Waals surface area contributed by atoms with E-state index in [1.165, 1.54) is 6.20 Å². The Morgan fingerprint density at radius 3 is 3.27 bits per heavy atom. The average Bonchev–Trinajstić information content (AvgIpc) is 2.85. The second kappa shape index (κ2) is 3.85. The quantitative estimate of drug-likeness (QED) is 0.554. The van der Waals surface area contributed by atoms with Gasteiger partial charge in [0.05, 0.1) is 12.6 Å². The largest absolute Gasteiger partial charge is 0.394 e. The van der Waals surface area contributed by atoms with Gasteiger partial charge in [0.15, 0.2) is 5.69 Å². The predicted molar refractivity (Wildman–Crippen MR) is 52.7 cm³/mol. The zero-order valence-corrected chi connectivity index (χ0v) is 8.09. The molecule has 0 bridgehead atoms. The van der Waals surface area contributed by atoms with Gasteiger partial charge in [-0.25, -0.2) is 0 Å². The molecular formula is C8H12N4O3. The Morgan fingerprint density at radius 1 is 1.80 bits per heavy atom. The highest BCUT2D eigenvalue weighted by Crippen LogP contribution is 2.31. The zero-order valence-electron chi connectivity index (χ0n) is 8.09. The number of aliphatic hydroxyl groups is 1. The lowest BCUT2D eigenvalue weighted by molar-refractivity contribution is -0.388. The molecule has 0 amide bonds. The van der Waals surface area contributed by atoms with Gasteiger partial charge in [0.25, 0.3) is 0 Å². The molecule has 1 fully saturated rings. The van der Waals surface area contributed by atoms with Gasteiger partial charge in [0.2, 0.25) is 0 Å². The number of hydrogen-bond donors (Lipinski definition) is 2. The highest BCUT2D eigenvalue weighted by atomic mass is 16.6. The minimum absolute atomic E-state index is 0.0162. The summed E-state index contributed by atoms with van der Waals surface area (Å²) in [6, 6.07) is -0.0266. The fourth-order valence-corrected chi connectivity index (χ4v) is 1.96. The Hall–Kier alpha value is -1.63. The SMILES string of the molecule is O=[N+]([O-])c1[nH]ncc1N1CCCC1CO. The summed E-state index contributed by atoms with van der Waals surface area (Å²) in [5.74, 6) is -0.102. The average molecular weight is 212 g/mol. The van der Waals surface area contributed by atoms with Gasteiger partial charge in [-0.1, -0.05) is 5.10 Å². The van der Waals surface area contributed by atoms with Crippen LogP contribution in [0.5, 0.6) is 0 Å². The normalized spacial score (nSPS) is 20.9. The minimum Gasteiger partial charge on any atom is -0.394 e. The second-order valence-corrected chi connectivity index (χ2v) is 3.53. The fourth-order valence-electron chi connectivity index (χ4n) is 1.96. The van der Waals surface area contributed by atoms with Crippen LogP contribution in [0.3, 0.4) is 0 Å². The number of nitro groups is 1. The van der Waals surface area contributed by atoms with Crippen molar-refractivity contribution in [2.45, 2.75) is 18.9 Å². The molecule has 0 radical (unpaired) electrons. The number of aromatic nitrogens is 2. The maximum atomic E-state index is 10.7. The summed E-state index contributed by atoms with van der Waals surface area (Å²) in [5, 5.41) is 25.8. The van der Waals surface area contributed by atoms with E-state index in [1.807, 2.05) is 4.90 Å². The molecule has 2 heterocycles. The van der Waals surface area contributed by atoms with Gasteiger partial charge in [-0.3, -0.25) is 0 Å². The van der Waals surface area contributed by atoms with Crippen LogP contribution in [-0.2, 0) is 0 Å². The van der Waals surface area contributed by atoms with Crippen molar-refractivity contribution in [2.24, 2.45) is 0 Å². The molecule has 0 spiro atoms. The molecule has 1 unspecified atom stereocenters. The van der Waals surface area contributed by atoms with Gasteiger partial charge in [-0.2, -0.15) is 0 Å². The minimum atomic E-state index is -0.491. The zero-order chi connectivity index (χ0) is 10.8. The number of nitrogens with one attached hydrogen (secondary N) is 1. The van der Waals surface area contributed by atoms with Crippen LogP contribution in [-0.4, -0.2) is 39.4 Å². The highest BCUT2D eigenvalue weighted by molar-refractivity contribution is 5.59. The van der Waals surface area contributed by atoms with Gasteiger partial charge in [-0.05, 0) is 17.8 Å². The topological polar surface area (TPSA) is 95.3 Å². The van der Waals surface area contributed by atoms with Crippen LogP contribution in [0, 0.1) is 10.1 Å². The van der Waals surface area contributed by atoms with E-state index in [1.54, 1.807) is 0 Å². The van der Waals surface area contributed by atoms with E-state index in [-0.39, 0.29) is 18.5 Å². The molecule has 1 atom stereocenters. The summed E-state index contributed by atoms with van der Waals surface area (Å²) >= 11 is 0. The molecule has 2 N–H and O–H groups in total. The van der Waals surface area contributed by atoms with Crippen LogP contribution in [0.1, 0.15) is 12.8 Å². The fraction of sp³-hybridized carbons (Fsp3) is 0.625. The van der Waals surface area contributed by atoms with E-state index in [2.05, 4.69) is 10.2 Å². The van der Waals surface area contributed by atoms with Gasteiger partial charge >= 0.3 is 5.82 Å². The first-order chi connectivity index (χ1) is 7.24. The molecule has 1 saturated heterocycles. The van der Waals surface area contributed by atoms with Gasteiger partial charge in [0, 0.05) is 6.54 Å². The van der Waals surface area contributed by atoms with Gasteiger partial charge in [0.1, 0.15) is 6.20 Å². The lowest BCUT2D eigenvalue weighted by Gasteiger charge is -2.22. The molecular weight excluding hydrogens is 200 g/mol. The van der Waals surface area contributed by atoms with Crippen molar-refractivity contribution in [3.8, 4) is 0 Å². The second-order valence-electron chi connectivity index (χ2n) is 3.53. The van der Waals surface area contributed by atoms with E-state index < -0.39 is 4.92 Å². The third-order valence-corrected chi connectivity index (χ3v) is 2.68. The van der Waals surface area contributed by atoms with E-state index >= 15 is 0 Å². The molecule has 1 aliphatic rings. The molecule has 1 aliphatic heterocycles. The maximum absolute atomic E-state index is 10.7. The third kappa shape index (κ3) is 1.65. The highest BCUT2D eigenvalue weighted by Gasteiger charge is 2.30. The molecule has 82 valence electrons. The van der Waals surface area contributed by atoms with Gasteiger partial charge < -0.3 is 20.1 Å². The van der Waals surface area contributed by atoms with Crippen LogP contribution in [0.25, 0.3) is 0 Å². The van der Waals surface area contributed by atoms with Crippen molar-refractivity contribution in [3.05, 3.63) is 16.3 Å². The number of hydrogen-bond acceptors (Lipinski definition) is 5. The van der Waals surface area contributed by atoms with E-state index in [0.717, 1.165) is 19.4 Å². The van der Waals surface area contributed by atoms with Crippen molar-refractivity contribution >= 4 is 11.5 Å². The number of anilines is 1. The Balaban J connectivity index is 2.28. The molecule has 1 aromatic heterocycles. The first-order valence-electron chi connectivity index (χ1n) is 4.79. The number of aliphatic hydroxyl groups excluding tert-OH is 1. The summed E-state index contributed by atoms with van der Waals surface area (Å²) in [5.41, 5.74) is 0.469. The smallest absolute Gasteiger partial charge is 0.366 e. The summed E-state index contributed by atoms with van der Waals surface area (Å²) in [7, 11) is 0. The standard InChI is InChI=1S/C8H12N4O3/c13-5-6-2-1-3-11(6)7-4-9-10-8(7)12(14)15/h4,6,13H,1-3,5H2,(H,9,10). The van der Waals surface area contributed by atoms with Crippen LogP contribution >= 0.6 is 0 Å². The van der Waals surface area contributed by atoms with E-state index in [0.29, 0.717) is 5.69 Å². The molecule has 0 saturated carbocycles. The molecule has 0 aromatic carbocycles. The van der Waals surface area contributed by atoms with Crippen molar-refractivity contribution in [3.63, 3.8) is 0 Å². The van der Waals surface area contributed by atoms with E-state index in [9.17, 15) is 10.1 Å². The van der Waals surface area contributed by atoms with Crippen molar-refractivity contribution in [2.75, 3.05) is 18.1 Å². The number of aromatic amines is 1. The molecule has 7 heteroatoms. The Bertz CT molecular complexity index is 365. The van der Waals surface area contributed by atoms with Crippen LogP contribution < -0.4 is 4.90 Å². The number of H-pyrrole nitrogens is 1. The Morgan fingerprint density at radius 2 is 2.60 bits per heavy atom. The van der Waals surface area contributed by atoms with E-state index in [4.69, 9.17) is 5.11 Å². The molecule has 15 heavy (non-hydrogen) atoms. The first kappa shape index (κ1) is 9.91. The van der Waals surface area contributed by atoms with Crippen molar-refractivity contribution in [1.82, 2.24) is 10.2 Å². The summed E-state index contributed by atoms with van der Waals surface area (Å²) in [6.45, 7) is 0.744. The number of rotatable bonds is 3. The molecule has 7 nitrogen and oxygen atoms in total. The van der Waals surface area contributed by atoms with Crippen LogP contribution in [0.2, 0.25) is 0 Å². The molecule has 0 aliphatic carbocycles. The van der Waals surface area contributed by atoms with Crippen molar-refractivity contribution in [1.29, 1.82) is 0 Å². The van der Waals surface area contributed by atoms with Crippen molar-refractivity contribution < 1.29 is 10.0 Å². The predicted octanol–water partition coefficient (Wildman–Crippen LogP) is 0.279. The van der Waals surface area contributed by atoms with Gasteiger partial charge in [-0.15, -0.1) is 5.10 Å². The Labute approximate surface area is 85.9 Å². The third-order valence-electron chi connectivity index (χ3n) is 2.68. The first-order valence-corrected chi connectivity index (χ1v) is 4.79. The summed E-state index contributed by atoms with van der Waals surface area (Å²) in [6.07, 6.45) is 3.23. The molecule has 2 rings (SSSR count). The maximum Gasteiger partial charge on any atom is 0.366 e. The molecule has 1 aromatic rings. The number of nitrogens with zero attached hydrogens (tertiary/aromatic N) is 3. The van der Waals surface area contributed by atoms with Crippen LogP contribution in [0.15, 0.2) is 6.20 Å². The summed E-state index contributed by atoms with van der Waals surface area (Å²) < 4.78 is 0. The lowest BCUT2D eigenvalue weighted by atomic mass is 10.2. The van der Waals surface area contributed by atoms with Crippen LogP contribution in [0.4, 0.5) is 11.5 Å². The monoisotopic (exact) mass is 212 g/mol.